The summed E-state index contributed by atoms with van der Waals surface area (Å²) in [4.78, 5) is 11.2. The molecule has 0 amide bonds. The van der Waals surface area contributed by atoms with Gasteiger partial charge in [-0.05, 0) is 30.3 Å². The molecule has 4 N–H and O–H groups in total. The van der Waals surface area contributed by atoms with Crippen LogP contribution in [-0.4, -0.2) is 11.1 Å². The molecular weight excluding hydrogens is 287 g/mol. The van der Waals surface area contributed by atoms with Gasteiger partial charge in [-0.2, -0.15) is 0 Å². The van der Waals surface area contributed by atoms with Gasteiger partial charge >= 0.3 is 5.97 Å². The van der Waals surface area contributed by atoms with Crippen LogP contribution in [0.4, 0.5) is 17.1 Å². The van der Waals surface area contributed by atoms with Crippen LogP contribution in [0.25, 0.3) is 0 Å². The Hall–Kier alpha value is -1.91. The number of benzene rings is 2. The van der Waals surface area contributed by atoms with Gasteiger partial charge in [-0.3, -0.25) is 0 Å². The highest BCUT2D eigenvalue weighted by Gasteiger charge is 2.13. The third-order valence-corrected chi connectivity index (χ3v) is 2.90. The highest BCUT2D eigenvalue weighted by atomic mass is 35.5. The maximum atomic E-state index is 11.2. The topological polar surface area (TPSA) is 75.4 Å². The first kappa shape index (κ1) is 13.5. The number of halogens is 2. The first-order chi connectivity index (χ1) is 8.97. The lowest BCUT2D eigenvalue weighted by Gasteiger charge is -2.12. The van der Waals surface area contributed by atoms with E-state index in [1.807, 2.05) is 0 Å². The second-order valence-corrected chi connectivity index (χ2v) is 4.73. The number of nitrogen functional groups attached to an aromatic ring is 1. The normalized spacial score (nSPS) is 10.2. The molecule has 2 rings (SSSR count). The Kier molecular flexibility index (Phi) is 3.83. The number of rotatable bonds is 3. The van der Waals surface area contributed by atoms with Crippen molar-refractivity contribution in [3.05, 3.63) is 52.0 Å². The van der Waals surface area contributed by atoms with Gasteiger partial charge in [0.25, 0.3) is 0 Å². The minimum absolute atomic E-state index is 0.0797. The molecule has 0 saturated heterocycles. The number of carboxylic acids is 1. The van der Waals surface area contributed by atoms with Gasteiger partial charge in [0.15, 0.2) is 0 Å². The number of nitrogens with two attached hydrogens (primary N) is 1. The molecule has 0 aliphatic rings. The van der Waals surface area contributed by atoms with Crippen molar-refractivity contribution >= 4 is 46.2 Å². The summed E-state index contributed by atoms with van der Waals surface area (Å²) in [5.74, 6) is -1.07. The zero-order valence-electron chi connectivity index (χ0n) is 9.65. The maximum absolute atomic E-state index is 11.2. The van der Waals surface area contributed by atoms with Crippen molar-refractivity contribution in [1.29, 1.82) is 0 Å². The Bertz CT molecular complexity index is 624. The predicted octanol–water partition coefficient (Wildman–Crippen LogP) is 4.02. The Morgan fingerprint density at radius 2 is 1.79 bits per heavy atom. The number of anilines is 3. The monoisotopic (exact) mass is 296 g/mol. The zero-order valence-corrected chi connectivity index (χ0v) is 11.2. The molecule has 0 heterocycles. The van der Waals surface area contributed by atoms with E-state index in [9.17, 15) is 4.79 Å². The number of hydrogen-bond acceptors (Lipinski definition) is 3. The van der Waals surface area contributed by atoms with Crippen LogP contribution in [0.2, 0.25) is 10.0 Å². The number of carboxylic acid groups (broad SMARTS) is 1. The van der Waals surface area contributed by atoms with E-state index in [0.717, 1.165) is 0 Å². The zero-order chi connectivity index (χ0) is 14.0. The molecule has 0 aromatic heterocycles. The van der Waals surface area contributed by atoms with Crippen LogP contribution in [0.15, 0.2) is 36.4 Å². The molecule has 2 aromatic carbocycles. The molecule has 0 atom stereocenters. The van der Waals surface area contributed by atoms with Gasteiger partial charge in [0.2, 0.25) is 0 Å². The fourth-order valence-corrected chi connectivity index (χ4v) is 2.18. The molecule has 0 spiro atoms. The van der Waals surface area contributed by atoms with E-state index >= 15 is 0 Å². The molecular formula is C13H10Cl2N2O2. The average molecular weight is 297 g/mol. The van der Waals surface area contributed by atoms with Crippen LogP contribution in [0.5, 0.6) is 0 Å². The first-order valence-corrected chi connectivity index (χ1v) is 6.08. The van der Waals surface area contributed by atoms with Crippen LogP contribution in [-0.2, 0) is 0 Å². The molecule has 98 valence electrons. The van der Waals surface area contributed by atoms with Gasteiger partial charge in [0.05, 0.1) is 16.9 Å². The van der Waals surface area contributed by atoms with Gasteiger partial charge < -0.3 is 16.2 Å². The third kappa shape index (κ3) is 3.10. The van der Waals surface area contributed by atoms with Crippen LogP contribution in [0, 0.1) is 0 Å². The van der Waals surface area contributed by atoms with Gasteiger partial charge in [0, 0.05) is 15.7 Å². The largest absolute Gasteiger partial charge is 0.478 e. The Morgan fingerprint density at radius 1 is 1.16 bits per heavy atom. The standard InChI is InChI=1S/C13H10Cl2N2O2/c14-7-4-8(15)6-9(5-7)17-12-10(13(18)19)2-1-3-11(12)16/h1-6,17H,16H2,(H,18,19). The van der Waals surface area contributed by atoms with E-state index in [2.05, 4.69) is 5.32 Å². The van der Waals surface area contributed by atoms with Crippen molar-refractivity contribution in [3.8, 4) is 0 Å². The number of nitrogens with one attached hydrogen (secondary N) is 1. The summed E-state index contributed by atoms with van der Waals surface area (Å²) in [7, 11) is 0. The lowest BCUT2D eigenvalue weighted by Crippen LogP contribution is -2.05. The minimum atomic E-state index is -1.07. The molecule has 0 radical (unpaired) electrons. The lowest BCUT2D eigenvalue weighted by atomic mass is 10.1. The molecule has 2 aromatic rings. The molecule has 0 aliphatic carbocycles. The highest BCUT2D eigenvalue weighted by molar-refractivity contribution is 6.35. The second kappa shape index (κ2) is 5.38. The van der Waals surface area contributed by atoms with Crippen molar-refractivity contribution in [3.63, 3.8) is 0 Å². The number of aromatic carboxylic acids is 1. The summed E-state index contributed by atoms with van der Waals surface area (Å²) in [5, 5.41) is 13.0. The maximum Gasteiger partial charge on any atom is 0.337 e. The van der Waals surface area contributed by atoms with E-state index in [-0.39, 0.29) is 5.56 Å². The number of para-hydroxylation sites is 1. The summed E-state index contributed by atoms with van der Waals surface area (Å²) >= 11 is 11.8. The van der Waals surface area contributed by atoms with Crippen molar-refractivity contribution in [1.82, 2.24) is 0 Å². The average Bonchev–Trinajstić information content (AvgIpc) is 2.30. The van der Waals surface area contributed by atoms with Gasteiger partial charge in [-0.1, -0.05) is 29.3 Å². The van der Waals surface area contributed by atoms with Crippen LogP contribution < -0.4 is 11.1 Å². The second-order valence-electron chi connectivity index (χ2n) is 3.86. The quantitative estimate of drug-likeness (QED) is 0.748. The third-order valence-electron chi connectivity index (χ3n) is 2.46. The fourth-order valence-electron chi connectivity index (χ4n) is 1.66. The molecule has 4 nitrogen and oxygen atoms in total. The summed E-state index contributed by atoms with van der Waals surface area (Å²) in [6.07, 6.45) is 0. The SMILES string of the molecule is Nc1cccc(C(=O)O)c1Nc1cc(Cl)cc(Cl)c1. The molecule has 0 bridgehead atoms. The van der Waals surface area contributed by atoms with E-state index < -0.39 is 5.97 Å². The van der Waals surface area contributed by atoms with E-state index in [4.69, 9.17) is 34.0 Å². The molecule has 0 saturated carbocycles. The van der Waals surface area contributed by atoms with E-state index in [0.29, 0.717) is 27.1 Å². The fraction of sp³-hybridized carbons (Fsp3) is 0. The predicted molar refractivity (Wildman–Crippen MR) is 77.6 cm³/mol. The highest BCUT2D eigenvalue weighted by Crippen LogP contribution is 2.30. The number of hydrogen-bond donors (Lipinski definition) is 3. The molecule has 0 unspecified atom stereocenters. The Balaban J connectivity index is 2.45. The summed E-state index contributed by atoms with van der Waals surface area (Å²) < 4.78 is 0. The van der Waals surface area contributed by atoms with Crippen LogP contribution >= 0.6 is 23.2 Å². The molecule has 0 aliphatic heterocycles. The Labute approximate surface area is 119 Å². The van der Waals surface area contributed by atoms with Crippen molar-refractivity contribution in [2.45, 2.75) is 0 Å². The van der Waals surface area contributed by atoms with E-state index in [1.165, 1.54) is 6.07 Å². The van der Waals surface area contributed by atoms with Crippen molar-refractivity contribution in [2.75, 3.05) is 11.1 Å². The van der Waals surface area contributed by atoms with Crippen LogP contribution in [0.1, 0.15) is 10.4 Å². The summed E-state index contributed by atoms with van der Waals surface area (Å²) in [6.45, 7) is 0. The molecule has 19 heavy (non-hydrogen) atoms. The minimum Gasteiger partial charge on any atom is -0.478 e. The Morgan fingerprint density at radius 3 is 2.37 bits per heavy atom. The van der Waals surface area contributed by atoms with Gasteiger partial charge in [0.1, 0.15) is 0 Å². The lowest BCUT2D eigenvalue weighted by molar-refractivity contribution is 0.0698. The van der Waals surface area contributed by atoms with Gasteiger partial charge in [-0.15, -0.1) is 0 Å². The van der Waals surface area contributed by atoms with Crippen LogP contribution in [0.3, 0.4) is 0 Å². The molecule has 0 fully saturated rings. The summed E-state index contributed by atoms with van der Waals surface area (Å²) in [5.41, 5.74) is 7.08. The van der Waals surface area contributed by atoms with Gasteiger partial charge in [-0.25, -0.2) is 4.79 Å². The smallest absolute Gasteiger partial charge is 0.337 e. The number of carbonyl (C=O) groups is 1. The first-order valence-electron chi connectivity index (χ1n) is 5.32. The van der Waals surface area contributed by atoms with Crippen molar-refractivity contribution < 1.29 is 9.90 Å². The van der Waals surface area contributed by atoms with Crippen molar-refractivity contribution in [2.24, 2.45) is 0 Å². The summed E-state index contributed by atoms with van der Waals surface area (Å²) in [6, 6.07) is 9.50. The molecule has 6 heteroatoms. The van der Waals surface area contributed by atoms with E-state index in [1.54, 1.807) is 30.3 Å².